The predicted molar refractivity (Wildman–Crippen MR) is 68.9 cm³/mol. The number of fused-ring (bicyclic) bond motifs is 1. The van der Waals surface area contributed by atoms with Crippen molar-refractivity contribution in [2.75, 3.05) is 6.54 Å². The molecule has 2 heterocycles. The molecule has 4 nitrogen and oxygen atoms in total. The monoisotopic (exact) mass is 258 g/mol. The fourth-order valence-electron chi connectivity index (χ4n) is 2.81. The molecule has 98 valence electrons. The molecule has 0 saturated heterocycles. The van der Waals surface area contributed by atoms with E-state index in [1.54, 1.807) is 12.1 Å². The van der Waals surface area contributed by atoms with Crippen LogP contribution >= 0.6 is 0 Å². The molecule has 1 atom stereocenters. The fourth-order valence-corrected chi connectivity index (χ4v) is 2.81. The zero-order valence-electron chi connectivity index (χ0n) is 10.5. The molecule has 1 fully saturated rings. The lowest BCUT2D eigenvalue weighted by Crippen LogP contribution is -2.35. The van der Waals surface area contributed by atoms with Gasteiger partial charge in [0.25, 0.3) is 0 Å². The van der Waals surface area contributed by atoms with E-state index in [9.17, 15) is 4.39 Å². The van der Waals surface area contributed by atoms with E-state index in [0.29, 0.717) is 12.0 Å². The van der Waals surface area contributed by atoms with E-state index in [-0.39, 0.29) is 5.82 Å². The first-order valence-electron chi connectivity index (χ1n) is 6.75. The number of nitrogens with zero attached hydrogens (tertiary/aromatic N) is 3. The van der Waals surface area contributed by atoms with E-state index < -0.39 is 0 Å². The van der Waals surface area contributed by atoms with Crippen LogP contribution in [0.5, 0.6) is 0 Å². The molecule has 1 unspecified atom stereocenters. The third kappa shape index (κ3) is 1.85. The Kier molecular flexibility index (Phi) is 2.41. The maximum atomic E-state index is 13.0. The van der Waals surface area contributed by atoms with Crippen molar-refractivity contribution in [1.29, 1.82) is 0 Å². The Morgan fingerprint density at radius 3 is 2.68 bits per heavy atom. The van der Waals surface area contributed by atoms with Gasteiger partial charge in [-0.3, -0.25) is 0 Å². The lowest BCUT2D eigenvalue weighted by molar-refractivity contribution is 0.383. The summed E-state index contributed by atoms with van der Waals surface area (Å²) in [7, 11) is 0. The predicted octanol–water partition coefficient (Wildman–Crippen LogP) is 2.14. The minimum absolute atomic E-state index is 0.223. The zero-order chi connectivity index (χ0) is 12.8. The molecule has 1 aromatic heterocycles. The summed E-state index contributed by atoms with van der Waals surface area (Å²) in [5, 5.41) is 12.2. The summed E-state index contributed by atoms with van der Waals surface area (Å²) < 4.78 is 15.2. The van der Waals surface area contributed by atoms with Crippen molar-refractivity contribution in [1.82, 2.24) is 20.1 Å². The van der Waals surface area contributed by atoms with Gasteiger partial charge in [-0.25, -0.2) is 4.39 Å². The standard InChI is InChI=1S/C14H15FN4/c15-11-5-3-10(4-6-11)13-17-18-14-12(9-1-2-9)16-7-8-19(13)14/h3-6,9,12,16H,1-2,7-8H2. The molecular formula is C14H15FN4. The van der Waals surface area contributed by atoms with Crippen LogP contribution < -0.4 is 5.32 Å². The van der Waals surface area contributed by atoms with Crippen molar-refractivity contribution in [3.05, 3.63) is 35.9 Å². The molecule has 0 radical (unpaired) electrons. The van der Waals surface area contributed by atoms with Crippen LogP contribution in [0.4, 0.5) is 4.39 Å². The summed E-state index contributed by atoms with van der Waals surface area (Å²) in [6.45, 7) is 1.82. The molecule has 1 aliphatic carbocycles. The van der Waals surface area contributed by atoms with Crippen LogP contribution in [0.2, 0.25) is 0 Å². The molecule has 4 rings (SSSR count). The molecule has 5 heteroatoms. The van der Waals surface area contributed by atoms with E-state index in [0.717, 1.165) is 30.3 Å². The van der Waals surface area contributed by atoms with E-state index in [1.807, 2.05) is 0 Å². The van der Waals surface area contributed by atoms with E-state index >= 15 is 0 Å². The number of halogens is 1. The number of hydrogen-bond acceptors (Lipinski definition) is 3. The van der Waals surface area contributed by atoms with Crippen LogP contribution in [-0.4, -0.2) is 21.3 Å². The number of rotatable bonds is 2. The second-order valence-corrected chi connectivity index (χ2v) is 5.31. The Balaban J connectivity index is 1.76. The molecule has 0 amide bonds. The van der Waals surface area contributed by atoms with Crippen molar-refractivity contribution >= 4 is 0 Å². The zero-order valence-corrected chi connectivity index (χ0v) is 10.5. The highest BCUT2D eigenvalue weighted by Crippen LogP contribution is 2.41. The van der Waals surface area contributed by atoms with Crippen molar-refractivity contribution < 1.29 is 4.39 Å². The highest BCUT2D eigenvalue weighted by Gasteiger charge is 2.37. The second kappa shape index (κ2) is 4.13. The van der Waals surface area contributed by atoms with Gasteiger partial charge in [0.15, 0.2) is 11.6 Å². The van der Waals surface area contributed by atoms with E-state index in [1.165, 1.54) is 25.0 Å². The summed E-state index contributed by atoms with van der Waals surface area (Å²) in [5.41, 5.74) is 0.927. The number of aromatic nitrogens is 3. The highest BCUT2D eigenvalue weighted by molar-refractivity contribution is 5.55. The summed E-state index contributed by atoms with van der Waals surface area (Å²) in [4.78, 5) is 0. The number of nitrogens with one attached hydrogen (secondary N) is 1. The van der Waals surface area contributed by atoms with Gasteiger partial charge < -0.3 is 9.88 Å². The van der Waals surface area contributed by atoms with Gasteiger partial charge in [0, 0.05) is 18.7 Å². The molecule has 19 heavy (non-hydrogen) atoms. The van der Waals surface area contributed by atoms with Gasteiger partial charge in [-0.15, -0.1) is 10.2 Å². The van der Waals surface area contributed by atoms with Crippen LogP contribution in [0.15, 0.2) is 24.3 Å². The minimum atomic E-state index is -0.223. The third-order valence-corrected chi connectivity index (χ3v) is 3.95. The average Bonchev–Trinajstić information content (AvgIpc) is 3.19. The summed E-state index contributed by atoms with van der Waals surface area (Å²) in [6.07, 6.45) is 2.55. The highest BCUT2D eigenvalue weighted by atomic mass is 19.1. The van der Waals surface area contributed by atoms with Crippen LogP contribution in [0.3, 0.4) is 0 Å². The normalized spacial score (nSPS) is 22.3. The summed E-state index contributed by atoms with van der Waals surface area (Å²) in [5.74, 6) is 2.37. The van der Waals surface area contributed by atoms with Gasteiger partial charge in [0.2, 0.25) is 0 Å². The number of hydrogen-bond donors (Lipinski definition) is 1. The average molecular weight is 258 g/mol. The Morgan fingerprint density at radius 1 is 1.16 bits per heavy atom. The molecule has 1 aromatic carbocycles. The molecule has 2 aromatic rings. The van der Waals surface area contributed by atoms with Crippen molar-refractivity contribution in [3.8, 4) is 11.4 Å². The van der Waals surface area contributed by atoms with Crippen LogP contribution in [0.1, 0.15) is 24.7 Å². The van der Waals surface area contributed by atoms with Gasteiger partial charge in [-0.05, 0) is 43.0 Å². The van der Waals surface area contributed by atoms with Gasteiger partial charge in [-0.2, -0.15) is 0 Å². The lowest BCUT2D eigenvalue weighted by atomic mass is 10.1. The Labute approximate surface area is 110 Å². The Hall–Kier alpha value is -1.75. The third-order valence-electron chi connectivity index (χ3n) is 3.95. The maximum absolute atomic E-state index is 13.0. The van der Waals surface area contributed by atoms with Crippen LogP contribution in [0.25, 0.3) is 11.4 Å². The number of benzene rings is 1. The lowest BCUT2D eigenvalue weighted by Gasteiger charge is -2.24. The van der Waals surface area contributed by atoms with Gasteiger partial charge >= 0.3 is 0 Å². The van der Waals surface area contributed by atoms with Crippen molar-refractivity contribution in [3.63, 3.8) is 0 Å². The fraction of sp³-hybridized carbons (Fsp3) is 0.429. The second-order valence-electron chi connectivity index (χ2n) is 5.31. The minimum Gasteiger partial charge on any atom is -0.308 e. The maximum Gasteiger partial charge on any atom is 0.164 e. The Bertz CT molecular complexity index is 600. The molecule has 0 bridgehead atoms. The first kappa shape index (κ1) is 11.1. The SMILES string of the molecule is Fc1ccc(-c2nnc3n2CCNC3C2CC2)cc1. The Morgan fingerprint density at radius 2 is 1.95 bits per heavy atom. The largest absolute Gasteiger partial charge is 0.308 e. The van der Waals surface area contributed by atoms with Gasteiger partial charge in [0.1, 0.15) is 5.82 Å². The smallest absolute Gasteiger partial charge is 0.164 e. The first-order valence-corrected chi connectivity index (χ1v) is 6.75. The molecular weight excluding hydrogens is 243 g/mol. The quantitative estimate of drug-likeness (QED) is 0.897. The van der Waals surface area contributed by atoms with Crippen molar-refractivity contribution in [2.24, 2.45) is 5.92 Å². The molecule has 1 aliphatic heterocycles. The summed E-state index contributed by atoms with van der Waals surface area (Å²) in [6, 6.07) is 6.81. The van der Waals surface area contributed by atoms with Crippen LogP contribution in [-0.2, 0) is 6.54 Å². The summed E-state index contributed by atoms with van der Waals surface area (Å²) >= 11 is 0. The molecule has 2 aliphatic rings. The molecule has 0 spiro atoms. The molecule has 1 N–H and O–H groups in total. The van der Waals surface area contributed by atoms with Gasteiger partial charge in [-0.1, -0.05) is 0 Å². The topological polar surface area (TPSA) is 42.7 Å². The molecule has 1 saturated carbocycles. The van der Waals surface area contributed by atoms with E-state index in [4.69, 9.17) is 0 Å². The van der Waals surface area contributed by atoms with E-state index in [2.05, 4.69) is 20.1 Å². The van der Waals surface area contributed by atoms with Crippen LogP contribution in [0, 0.1) is 11.7 Å². The van der Waals surface area contributed by atoms with Crippen molar-refractivity contribution in [2.45, 2.75) is 25.4 Å². The first-order chi connectivity index (χ1) is 9.33. The van der Waals surface area contributed by atoms with Gasteiger partial charge in [0.05, 0.1) is 6.04 Å².